The molecule has 0 aliphatic rings. The zero-order valence-corrected chi connectivity index (χ0v) is 10.2. The predicted molar refractivity (Wildman–Crippen MR) is 67.2 cm³/mol. The summed E-state index contributed by atoms with van der Waals surface area (Å²) in [4.78, 5) is 12.9. The molecule has 1 aromatic carbocycles. The van der Waals surface area contributed by atoms with Crippen LogP contribution in [0.1, 0.15) is 20.8 Å². The Morgan fingerprint density at radius 3 is 2.35 bits per heavy atom. The molecule has 2 aromatic rings. The highest BCUT2D eigenvalue weighted by Crippen LogP contribution is 2.09. The lowest BCUT2D eigenvalue weighted by Gasteiger charge is -2.15. The van der Waals surface area contributed by atoms with Crippen molar-refractivity contribution in [1.82, 2.24) is 4.98 Å². The molecule has 1 aromatic heterocycles. The molecule has 0 fully saturated rings. The summed E-state index contributed by atoms with van der Waals surface area (Å²) in [5.41, 5.74) is 0.628. The van der Waals surface area contributed by atoms with Crippen LogP contribution in [0.25, 0.3) is 10.9 Å². The van der Waals surface area contributed by atoms with Crippen LogP contribution in [0.15, 0.2) is 36.5 Å². The molecule has 2 rings (SSSR count). The number of aromatic nitrogens is 1. The van der Waals surface area contributed by atoms with E-state index in [1.807, 2.05) is 18.3 Å². The number of carboxylic acid groups (broad SMARTS) is 1. The summed E-state index contributed by atoms with van der Waals surface area (Å²) in [5.74, 6) is 0. The summed E-state index contributed by atoms with van der Waals surface area (Å²) in [7, 11) is 0. The maximum Gasteiger partial charge on any atom is 0.506 e. The maximum absolute atomic E-state index is 9.79. The minimum absolute atomic E-state index is 0.578. The molecule has 0 atom stereocenters. The number of benzene rings is 1. The lowest BCUT2D eigenvalue weighted by atomic mass is 10.2. The summed E-state index contributed by atoms with van der Waals surface area (Å²) in [5, 5.41) is 9.30. The van der Waals surface area contributed by atoms with Crippen LogP contribution in [0.5, 0.6) is 0 Å². The van der Waals surface area contributed by atoms with Gasteiger partial charge in [-0.15, -0.1) is 0 Å². The van der Waals surface area contributed by atoms with E-state index in [9.17, 15) is 4.79 Å². The minimum Gasteiger partial charge on any atom is -0.450 e. The second kappa shape index (κ2) is 5.39. The number of para-hydroxylation sites is 1. The molecule has 1 heterocycles. The van der Waals surface area contributed by atoms with Crippen molar-refractivity contribution in [2.75, 3.05) is 0 Å². The first kappa shape index (κ1) is 13.1. The molecule has 92 valence electrons. The fraction of sp³-hybridized carbons (Fsp3) is 0.308. The molecule has 0 bridgehead atoms. The number of hydrogen-bond donors (Lipinski definition) is 2. The van der Waals surface area contributed by atoms with E-state index in [0.717, 1.165) is 0 Å². The van der Waals surface area contributed by atoms with Crippen LogP contribution in [0, 0.1) is 0 Å². The number of hydrogen-bond acceptors (Lipinski definition) is 2. The number of carbonyl (C=O) groups is 1. The van der Waals surface area contributed by atoms with Gasteiger partial charge < -0.3 is 14.8 Å². The van der Waals surface area contributed by atoms with Gasteiger partial charge in [-0.1, -0.05) is 18.2 Å². The zero-order valence-electron chi connectivity index (χ0n) is 10.2. The third kappa shape index (κ3) is 5.06. The SMILES string of the molecule is CC(C)(C)OC(=O)O.c1ccc2[nH]ccc2c1. The van der Waals surface area contributed by atoms with Crippen molar-refractivity contribution in [3.8, 4) is 0 Å². The number of nitrogens with one attached hydrogen (secondary N) is 1. The molecule has 0 aliphatic carbocycles. The van der Waals surface area contributed by atoms with Gasteiger partial charge in [0.05, 0.1) is 0 Å². The standard InChI is InChI=1S/C8H7N.C5H10O3/c1-2-4-8-7(3-1)5-6-9-8;1-5(2,3)8-4(6)7/h1-6,9H;1-3H3,(H,6,7). The van der Waals surface area contributed by atoms with Crippen LogP contribution < -0.4 is 0 Å². The fourth-order valence-electron chi connectivity index (χ4n) is 1.26. The fourth-order valence-corrected chi connectivity index (χ4v) is 1.26. The Balaban J connectivity index is 0.000000172. The first-order chi connectivity index (χ1) is 7.88. The molecule has 4 nitrogen and oxygen atoms in total. The Bertz CT molecular complexity index is 452. The third-order valence-electron chi connectivity index (χ3n) is 1.86. The van der Waals surface area contributed by atoms with Crippen molar-refractivity contribution < 1.29 is 14.6 Å². The van der Waals surface area contributed by atoms with Crippen molar-refractivity contribution in [2.24, 2.45) is 0 Å². The lowest BCUT2D eigenvalue weighted by Crippen LogP contribution is -2.22. The summed E-state index contributed by atoms with van der Waals surface area (Å²) in [6, 6.07) is 10.3. The van der Waals surface area contributed by atoms with E-state index in [0.29, 0.717) is 0 Å². The van der Waals surface area contributed by atoms with Crippen LogP contribution in [0.4, 0.5) is 4.79 Å². The molecule has 0 unspecified atom stereocenters. The van der Waals surface area contributed by atoms with Crippen LogP contribution in [-0.2, 0) is 4.74 Å². The Hall–Kier alpha value is -1.97. The van der Waals surface area contributed by atoms with Crippen LogP contribution in [0.2, 0.25) is 0 Å². The van der Waals surface area contributed by atoms with E-state index in [4.69, 9.17) is 5.11 Å². The van der Waals surface area contributed by atoms with Gasteiger partial charge >= 0.3 is 6.16 Å². The minimum atomic E-state index is -1.22. The monoisotopic (exact) mass is 235 g/mol. The van der Waals surface area contributed by atoms with E-state index in [-0.39, 0.29) is 0 Å². The van der Waals surface area contributed by atoms with Crippen molar-refractivity contribution in [3.05, 3.63) is 36.5 Å². The molecule has 2 N–H and O–H groups in total. The molecule has 0 aliphatic heterocycles. The van der Waals surface area contributed by atoms with Gasteiger partial charge in [0.1, 0.15) is 5.60 Å². The molecular formula is C13H17NO3. The zero-order chi connectivity index (χ0) is 12.9. The Labute approximate surface area is 100 Å². The normalized spacial score (nSPS) is 10.5. The van der Waals surface area contributed by atoms with E-state index >= 15 is 0 Å². The van der Waals surface area contributed by atoms with Gasteiger partial charge in [-0.25, -0.2) is 4.79 Å². The van der Waals surface area contributed by atoms with Gasteiger partial charge in [-0.3, -0.25) is 0 Å². The Morgan fingerprint density at radius 2 is 1.88 bits per heavy atom. The van der Waals surface area contributed by atoms with Crippen LogP contribution in [-0.4, -0.2) is 21.8 Å². The molecule has 0 saturated carbocycles. The van der Waals surface area contributed by atoms with Gasteiger partial charge in [0, 0.05) is 11.7 Å². The largest absolute Gasteiger partial charge is 0.506 e. The topological polar surface area (TPSA) is 62.3 Å². The molecule has 0 radical (unpaired) electrons. The second-order valence-corrected chi connectivity index (χ2v) is 4.55. The average molecular weight is 235 g/mol. The summed E-state index contributed by atoms with van der Waals surface area (Å²) < 4.78 is 4.35. The number of H-pyrrole nitrogens is 1. The second-order valence-electron chi connectivity index (χ2n) is 4.55. The smallest absolute Gasteiger partial charge is 0.450 e. The quantitative estimate of drug-likeness (QED) is 0.685. The number of fused-ring (bicyclic) bond motifs is 1. The van der Waals surface area contributed by atoms with E-state index in [2.05, 4.69) is 27.9 Å². The van der Waals surface area contributed by atoms with Gasteiger partial charge in [0.25, 0.3) is 0 Å². The van der Waals surface area contributed by atoms with Crippen molar-refractivity contribution in [2.45, 2.75) is 26.4 Å². The lowest BCUT2D eigenvalue weighted by molar-refractivity contribution is 0.0150. The van der Waals surface area contributed by atoms with E-state index < -0.39 is 11.8 Å². The molecular weight excluding hydrogens is 218 g/mol. The maximum atomic E-state index is 9.79. The average Bonchev–Trinajstić information content (AvgIpc) is 2.61. The number of rotatable bonds is 0. The highest BCUT2D eigenvalue weighted by molar-refractivity contribution is 5.78. The molecule has 0 spiro atoms. The summed E-state index contributed by atoms with van der Waals surface area (Å²) >= 11 is 0. The summed E-state index contributed by atoms with van der Waals surface area (Å²) in [6.07, 6.45) is 0.725. The molecule has 17 heavy (non-hydrogen) atoms. The molecule has 0 amide bonds. The van der Waals surface area contributed by atoms with Crippen molar-refractivity contribution in [1.29, 1.82) is 0 Å². The van der Waals surface area contributed by atoms with Crippen molar-refractivity contribution >= 4 is 17.1 Å². The Kier molecular flexibility index (Phi) is 4.15. The first-order valence-corrected chi connectivity index (χ1v) is 5.32. The van der Waals surface area contributed by atoms with Gasteiger partial charge in [0.2, 0.25) is 0 Å². The highest BCUT2D eigenvalue weighted by Gasteiger charge is 2.13. The van der Waals surface area contributed by atoms with Crippen molar-refractivity contribution in [3.63, 3.8) is 0 Å². The molecule has 0 saturated heterocycles. The number of aromatic amines is 1. The summed E-state index contributed by atoms with van der Waals surface area (Å²) in [6.45, 7) is 5.04. The highest BCUT2D eigenvalue weighted by atomic mass is 16.7. The molecule has 4 heteroatoms. The van der Waals surface area contributed by atoms with Gasteiger partial charge in [-0.2, -0.15) is 0 Å². The third-order valence-corrected chi connectivity index (χ3v) is 1.86. The number of ether oxygens (including phenoxy) is 1. The first-order valence-electron chi connectivity index (χ1n) is 5.32. The van der Waals surface area contributed by atoms with Crippen LogP contribution in [0.3, 0.4) is 0 Å². The predicted octanol–water partition coefficient (Wildman–Crippen LogP) is 3.65. The van der Waals surface area contributed by atoms with Crippen LogP contribution >= 0.6 is 0 Å². The van der Waals surface area contributed by atoms with Gasteiger partial charge in [0.15, 0.2) is 0 Å². The Morgan fingerprint density at radius 1 is 1.24 bits per heavy atom. The van der Waals surface area contributed by atoms with E-state index in [1.54, 1.807) is 20.8 Å². The van der Waals surface area contributed by atoms with Gasteiger partial charge in [-0.05, 0) is 38.3 Å². The van der Waals surface area contributed by atoms with E-state index in [1.165, 1.54) is 10.9 Å².